The van der Waals surface area contributed by atoms with Crippen LogP contribution in [0, 0.1) is 11.3 Å². The van der Waals surface area contributed by atoms with Crippen LogP contribution in [0.1, 0.15) is 12.0 Å². The Morgan fingerprint density at radius 3 is 2.87 bits per heavy atom. The molecule has 1 heterocycles. The highest BCUT2D eigenvalue weighted by Crippen LogP contribution is 2.29. The number of aliphatic hydroxyl groups excluding tert-OH is 1. The maximum absolute atomic E-state index is 9.44. The summed E-state index contributed by atoms with van der Waals surface area (Å²) in [4.78, 5) is 2.12. The average Bonchev–Trinajstić information content (AvgIpc) is 2.64. The van der Waals surface area contributed by atoms with E-state index in [4.69, 9.17) is 5.26 Å². The second-order valence-electron chi connectivity index (χ2n) is 3.67. The van der Waals surface area contributed by atoms with Crippen LogP contribution in [-0.4, -0.2) is 24.3 Å². The lowest BCUT2D eigenvalue weighted by atomic mass is 10.2. The lowest BCUT2D eigenvalue weighted by Gasteiger charge is -2.19. The molecule has 0 bridgehead atoms. The fourth-order valence-electron chi connectivity index (χ4n) is 1.79. The summed E-state index contributed by atoms with van der Waals surface area (Å²) in [5.74, 6) is 0. The van der Waals surface area contributed by atoms with Crippen molar-refractivity contribution in [3.8, 4) is 6.07 Å². The van der Waals surface area contributed by atoms with Crippen molar-refractivity contribution in [2.75, 3.05) is 18.0 Å². The Morgan fingerprint density at radius 1 is 1.53 bits per heavy atom. The van der Waals surface area contributed by atoms with Gasteiger partial charge in [0.15, 0.2) is 0 Å². The second-order valence-corrected chi connectivity index (χ2v) is 4.52. The molecule has 1 aliphatic rings. The SMILES string of the molecule is N#Cc1ccc(N2CCC(O)C2)c(Br)c1. The van der Waals surface area contributed by atoms with Crippen LogP contribution in [-0.2, 0) is 0 Å². The molecule has 1 aromatic rings. The summed E-state index contributed by atoms with van der Waals surface area (Å²) >= 11 is 3.44. The fourth-order valence-corrected chi connectivity index (χ4v) is 2.42. The van der Waals surface area contributed by atoms with Crippen LogP contribution in [0.15, 0.2) is 22.7 Å². The number of β-amino-alcohol motifs (C(OH)–C–C–N with tert-alkyl or cyclic N) is 1. The number of aliphatic hydroxyl groups is 1. The van der Waals surface area contributed by atoms with Crippen molar-refractivity contribution in [2.24, 2.45) is 0 Å². The lowest BCUT2D eigenvalue weighted by Crippen LogP contribution is -2.21. The fraction of sp³-hybridized carbons (Fsp3) is 0.364. The number of rotatable bonds is 1. The van der Waals surface area contributed by atoms with E-state index in [1.807, 2.05) is 6.07 Å². The highest BCUT2D eigenvalue weighted by atomic mass is 79.9. The molecule has 78 valence electrons. The predicted molar refractivity (Wildman–Crippen MR) is 61.7 cm³/mol. The van der Waals surface area contributed by atoms with Crippen molar-refractivity contribution >= 4 is 21.6 Å². The van der Waals surface area contributed by atoms with Gasteiger partial charge in [-0.15, -0.1) is 0 Å². The first-order valence-corrected chi connectivity index (χ1v) is 5.62. The largest absolute Gasteiger partial charge is 0.391 e. The molecule has 1 atom stereocenters. The van der Waals surface area contributed by atoms with Crippen LogP contribution >= 0.6 is 15.9 Å². The molecular formula is C11H11BrN2O. The van der Waals surface area contributed by atoms with Crippen LogP contribution in [0.2, 0.25) is 0 Å². The first kappa shape index (κ1) is 10.5. The molecule has 1 aromatic carbocycles. The van der Waals surface area contributed by atoms with E-state index >= 15 is 0 Å². The average molecular weight is 267 g/mol. The van der Waals surface area contributed by atoms with Gasteiger partial charge < -0.3 is 10.0 Å². The van der Waals surface area contributed by atoms with Crippen molar-refractivity contribution in [3.05, 3.63) is 28.2 Å². The minimum Gasteiger partial charge on any atom is -0.391 e. The van der Waals surface area contributed by atoms with Gasteiger partial charge in [0.1, 0.15) is 0 Å². The molecule has 15 heavy (non-hydrogen) atoms. The standard InChI is InChI=1S/C11H11BrN2O/c12-10-5-8(6-13)1-2-11(10)14-4-3-9(15)7-14/h1-2,5,9,15H,3-4,7H2. The summed E-state index contributed by atoms with van der Waals surface area (Å²) in [7, 11) is 0. The molecule has 2 rings (SSSR count). The van der Waals surface area contributed by atoms with Crippen LogP contribution in [0.3, 0.4) is 0 Å². The zero-order chi connectivity index (χ0) is 10.8. The molecule has 3 nitrogen and oxygen atoms in total. The normalized spacial score (nSPS) is 20.3. The Kier molecular flexibility index (Phi) is 2.94. The highest BCUT2D eigenvalue weighted by molar-refractivity contribution is 9.10. The third-order valence-corrected chi connectivity index (χ3v) is 3.22. The maximum atomic E-state index is 9.44. The van der Waals surface area contributed by atoms with Gasteiger partial charge in [0.25, 0.3) is 0 Å². The first-order valence-electron chi connectivity index (χ1n) is 4.83. The summed E-state index contributed by atoms with van der Waals surface area (Å²) in [6.07, 6.45) is 0.583. The van der Waals surface area contributed by atoms with Gasteiger partial charge in [0.05, 0.1) is 23.4 Å². The number of hydrogen-bond donors (Lipinski definition) is 1. The maximum Gasteiger partial charge on any atom is 0.0992 e. The van der Waals surface area contributed by atoms with Crippen LogP contribution in [0.5, 0.6) is 0 Å². The van der Waals surface area contributed by atoms with Gasteiger partial charge in [0.2, 0.25) is 0 Å². The number of benzene rings is 1. The summed E-state index contributed by atoms with van der Waals surface area (Å²) in [5, 5.41) is 18.2. The topological polar surface area (TPSA) is 47.3 Å². The molecule has 1 saturated heterocycles. The van der Waals surface area contributed by atoms with Crippen molar-refractivity contribution in [1.29, 1.82) is 5.26 Å². The van der Waals surface area contributed by atoms with Gasteiger partial charge in [0, 0.05) is 17.6 Å². The summed E-state index contributed by atoms with van der Waals surface area (Å²) < 4.78 is 0.913. The third kappa shape index (κ3) is 2.14. The molecule has 4 heteroatoms. The first-order chi connectivity index (χ1) is 7.20. The smallest absolute Gasteiger partial charge is 0.0992 e. The van der Waals surface area contributed by atoms with E-state index in [0.29, 0.717) is 12.1 Å². The second kappa shape index (κ2) is 4.21. The monoisotopic (exact) mass is 266 g/mol. The molecule has 0 saturated carbocycles. The van der Waals surface area contributed by atoms with E-state index in [1.54, 1.807) is 12.1 Å². The zero-order valence-electron chi connectivity index (χ0n) is 8.15. The Labute approximate surface area is 97.1 Å². The molecule has 1 fully saturated rings. The molecule has 1 aliphatic heterocycles. The Balaban J connectivity index is 2.26. The van der Waals surface area contributed by atoms with Gasteiger partial charge in [-0.3, -0.25) is 0 Å². The van der Waals surface area contributed by atoms with E-state index in [2.05, 4.69) is 26.9 Å². The Bertz CT molecular complexity index is 414. The molecular weight excluding hydrogens is 256 g/mol. The van der Waals surface area contributed by atoms with Gasteiger partial charge in [-0.05, 0) is 40.5 Å². The van der Waals surface area contributed by atoms with E-state index in [1.165, 1.54) is 0 Å². The third-order valence-electron chi connectivity index (χ3n) is 2.58. The van der Waals surface area contributed by atoms with E-state index in [9.17, 15) is 5.11 Å². The summed E-state index contributed by atoms with van der Waals surface area (Å²) in [5.41, 5.74) is 1.69. The Hall–Kier alpha value is -1.05. The minimum absolute atomic E-state index is 0.229. The van der Waals surface area contributed by atoms with Crippen molar-refractivity contribution < 1.29 is 5.11 Å². The molecule has 0 spiro atoms. The van der Waals surface area contributed by atoms with Crippen LogP contribution in [0.25, 0.3) is 0 Å². The quantitative estimate of drug-likeness (QED) is 0.845. The summed E-state index contributed by atoms with van der Waals surface area (Å²) in [6, 6.07) is 7.62. The van der Waals surface area contributed by atoms with Gasteiger partial charge in [-0.25, -0.2) is 0 Å². The lowest BCUT2D eigenvalue weighted by molar-refractivity contribution is 0.198. The molecule has 0 amide bonds. The van der Waals surface area contributed by atoms with Crippen molar-refractivity contribution in [1.82, 2.24) is 0 Å². The van der Waals surface area contributed by atoms with Gasteiger partial charge in [-0.2, -0.15) is 5.26 Å². The zero-order valence-corrected chi connectivity index (χ0v) is 9.74. The molecule has 0 radical (unpaired) electrons. The number of nitrogens with zero attached hydrogens (tertiary/aromatic N) is 2. The highest BCUT2D eigenvalue weighted by Gasteiger charge is 2.21. The number of nitriles is 1. The molecule has 1 unspecified atom stereocenters. The number of anilines is 1. The minimum atomic E-state index is -0.229. The summed E-state index contributed by atoms with van der Waals surface area (Å²) in [6.45, 7) is 1.54. The van der Waals surface area contributed by atoms with E-state index < -0.39 is 0 Å². The van der Waals surface area contributed by atoms with Crippen LogP contribution < -0.4 is 4.90 Å². The number of halogens is 1. The van der Waals surface area contributed by atoms with E-state index in [-0.39, 0.29) is 6.10 Å². The van der Waals surface area contributed by atoms with Gasteiger partial charge >= 0.3 is 0 Å². The predicted octanol–water partition coefficient (Wildman–Crippen LogP) is 1.89. The molecule has 1 N–H and O–H groups in total. The molecule has 0 aliphatic carbocycles. The van der Waals surface area contributed by atoms with E-state index in [0.717, 1.165) is 23.1 Å². The number of hydrogen-bond acceptors (Lipinski definition) is 3. The Morgan fingerprint density at radius 2 is 2.33 bits per heavy atom. The van der Waals surface area contributed by atoms with Crippen LogP contribution in [0.4, 0.5) is 5.69 Å². The molecule has 0 aromatic heterocycles. The van der Waals surface area contributed by atoms with Crippen molar-refractivity contribution in [2.45, 2.75) is 12.5 Å². The van der Waals surface area contributed by atoms with Gasteiger partial charge in [-0.1, -0.05) is 0 Å². The van der Waals surface area contributed by atoms with Crippen molar-refractivity contribution in [3.63, 3.8) is 0 Å².